The molecule has 0 N–H and O–H groups in total. The van der Waals surface area contributed by atoms with Gasteiger partial charge in [-0.3, -0.25) is 4.79 Å². The number of para-hydroxylation sites is 1. The zero-order valence-electron chi connectivity index (χ0n) is 9.77. The molecule has 1 aliphatic heterocycles. The fourth-order valence-electron chi connectivity index (χ4n) is 2.19. The molecule has 1 aromatic heterocycles. The van der Waals surface area contributed by atoms with E-state index in [0.29, 0.717) is 6.42 Å². The van der Waals surface area contributed by atoms with Gasteiger partial charge in [0.2, 0.25) is 5.78 Å². The third-order valence-corrected chi connectivity index (χ3v) is 4.65. The number of fused-ring (bicyclic) bond motifs is 1. The first-order chi connectivity index (χ1) is 8.65. The minimum atomic E-state index is -0.373. The minimum absolute atomic E-state index is 0.0747. The van der Waals surface area contributed by atoms with Crippen LogP contribution in [0.2, 0.25) is 0 Å². The van der Waals surface area contributed by atoms with Crippen molar-refractivity contribution in [1.82, 2.24) is 0 Å². The van der Waals surface area contributed by atoms with Crippen LogP contribution in [0.25, 0.3) is 0 Å². The predicted octanol–water partition coefficient (Wildman–Crippen LogP) is 4.01. The molecule has 1 aliphatic rings. The lowest BCUT2D eigenvalue weighted by molar-refractivity contribution is 0.0824. The molecule has 92 valence electrons. The molecule has 0 bridgehead atoms. The fourth-order valence-corrected chi connectivity index (χ4v) is 3.89. The Morgan fingerprint density at radius 1 is 1.44 bits per heavy atom. The Labute approximate surface area is 118 Å². The monoisotopic (exact) mass is 322 g/mol. The molecule has 0 radical (unpaired) electrons. The number of rotatable bonds is 2. The number of ketones is 1. The van der Waals surface area contributed by atoms with Crippen LogP contribution in [0.4, 0.5) is 0 Å². The van der Waals surface area contributed by atoms with Gasteiger partial charge < -0.3 is 4.74 Å². The normalized spacial score (nSPS) is 17.3. The van der Waals surface area contributed by atoms with E-state index >= 15 is 0 Å². The van der Waals surface area contributed by atoms with Crippen LogP contribution in [0.1, 0.15) is 20.8 Å². The molecule has 0 saturated heterocycles. The molecular weight excluding hydrogens is 312 g/mol. The fraction of sp³-hybridized carbons (Fsp3) is 0.214. The maximum atomic E-state index is 12.4. The van der Waals surface area contributed by atoms with E-state index in [1.807, 2.05) is 37.3 Å². The van der Waals surface area contributed by atoms with E-state index in [9.17, 15) is 4.79 Å². The molecule has 1 unspecified atom stereocenters. The number of halogens is 1. The summed E-state index contributed by atoms with van der Waals surface area (Å²) in [5, 5.41) is 0. The van der Waals surface area contributed by atoms with E-state index in [0.717, 1.165) is 25.5 Å². The van der Waals surface area contributed by atoms with E-state index in [1.54, 1.807) is 11.3 Å². The maximum absolute atomic E-state index is 12.4. The molecule has 2 nitrogen and oxygen atoms in total. The summed E-state index contributed by atoms with van der Waals surface area (Å²) in [6.07, 6.45) is 0.296. The topological polar surface area (TPSA) is 26.3 Å². The van der Waals surface area contributed by atoms with Gasteiger partial charge in [0.1, 0.15) is 5.75 Å². The minimum Gasteiger partial charge on any atom is -0.482 e. The molecule has 1 aromatic carbocycles. The standard InChI is InChI=1S/C14H11BrO2S/c1-8-10(7-13(15)18-8)14(16)12-6-9-4-2-3-5-11(9)17-12/h2-5,7,12H,6H2,1H3. The summed E-state index contributed by atoms with van der Waals surface area (Å²) in [7, 11) is 0. The van der Waals surface area contributed by atoms with Gasteiger partial charge in [0.25, 0.3) is 0 Å². The molecule has 0 amide bonds. The number of ether oxygens (including phenoxy) is 1. The first-order valence-electron chi connectivity index (χ1n) is 5.70. The molecule has 0 spiro atoms. The first kappa shape index (κ1) is 11.9. The van der Waals surface area contributed by atoms with Crippen molar-refractivity contribution in [2.75, 3.05) is 0 Å². The van der Waals surface area contributed by atoms with Gasteiger partial charge in [0.05, 0.1) is 3.79 Å². The Balaban J connectivity index is 1.87. The summed E-state index contributed by atoms with van der Waals surface area (Å²) in [4.78, 5) is 13.4. The van der Waals surface area contributed by atoms with Crippen molar-refractivity contribution in [2.24, 2.45) is 0 Å². The number of aryl methyl sites for hydroxylation is 1. The average Bonchev–Trinajstić information content (AvgIpc) is 2.91. The van der Waals surface area contributed by atoms with Gasteiger partial charge in [-0.25, -0.2) is 0 Å². The van der Waals surface area contributed by atoms with E-state index in [2.05, 4.69) is 15.9 Å². The Morgan fingerprint density at radius 2 is 2.22 bits per heavy atom. The number of hydrogen-bond acceptors (Lipinski definition) is 3. The highest BCUT2D eigenvalue weighted by atomic mass is 79.9. The van der Waals surface area contributed by atoms with Crippen LogP contribution in [-0.4, -0.2) is 11.9 Å². The van der Waals surface area contributed by atoms with Crippen molar-refractivity contribution < 1.29 is 9.53 Å². The molecule has 18 heavy (non-hydrogen) atoms. The van der Waals surface area contributed by atoms with Crippen molar-refractivity contribution in [1.29, 1.82) is 0 Å². The number of thiophene rings is 1. The lowest BCUT2D eigenvalue weighted by Gasteiger charge is -2.08. The molecule has 0 saturated carbocycles. The van der Waals surface area contributed by atoms with Crippen molar-refractivity contribution in [2.45, 2.75) is 19.4 Å². The van der Waals surface area contributed by atoms with Crippen LogP contribution in [0.15, 0.2) is 34.1 Å². The van der Waals surface area contributed by atoms with Crippen LogP contribution in [-0.2, 0) is 6.42 Å². The second kappa shape index (κ2) is 4.52. The van der Waals surface area contributed by atoms with Gasteiger partial charge in [0, 0.05) is 16.9 Å². The third-order valence-electron chi connectivity index (χ3n) is 3.09. The van der Waals surface area contributed by atoms with Gasteiger partial charge >= 0.3 is 0 Å². The summed E-state index contributed by atoms with van der Waals surface area (Å²) in [6.45, 7) is 1.96. The summed E-state index contributed by atoms with van der Waals surface area (Å²) >= 11 is 4.99. The van der Waals surface area contributed by atoms with Crippen LogP contribution in [0.5, 0.6) is 5.75 Å². The van der Waals surface area contributed by atoms with E-state index in [-0.39, 0.29) is 11.9 Å². The quantitative estimate of drug-likeness (QED) is 0.781. The van der Waals surface area contributed by atoms with Crippen LogP contribution in [0, 0.1) is 6.92 Å². The Morgan fingerprint density at radius 3 is 2.89 bits per heavy atom. The number of carbonyl (C=O) groups excluding carboxylic acids is 1. The van der Waals surface area contributed by atoms with Crippen LogP contribution < -0.4 is 4.74 Å². The second-order valence-corrected chi connectivity index (χ2v) is 6.94. The highest BCUT2D eigenvalue weighted by Gasteiger charge is 2.30. The largest absolute Gasteiger partial charge is 0.482 e. The summed E-state index contributed by atoms with van der Waals surface area (Å²) < 4.78 is 6.71. The highest BCUT2D eigenvalue weighted by molar-refractivity contribution is 9.11. The van der Waals surface area contributed by atoms with Gasteiger partial charge in [0.15, 0.2) is 6.10 Å². The zero-order chi connectivity index (χ0) is 12.7. The van der Waals surface area contributed by atoms with Crippen molar-refractivity contribution in [3.63, 3.8) is 0 Å². The smallest absolute Gasteiger partial charge is 0.204 e. The maximum Gasteiger partial charge on any atom is 0.204 e. The third kappa shape index (κ3) is 1.99. The molecular formula is C14H11BrO2S. The summed E-state index contributed by atoms with van der Waals surface area (Å²) in [5.74, 6) is 0.911. The van der Waals surface area contributed by atoms with E-state index in [1.165, 1.54) is 0 Å². The van der Waals surface area contributed by atoms with Gasteiger partial charge in [-0.05, 0) is 40.5 Å². The Hall–Kier alpha value is -1.13. The molecule has 0 aliphatic carbocycles. The summed E-state index contributed by atoms with van der Waals surface area (Å²) in [5.41, 5.74) is 1.88. The second-order valence-electron chi connectivity index (χ2n) is 4.30. The van der Waals surface area contributed by atoms with Crippen molar-refractivity contribution >= 4 is 33.0 Å². The average molecular weight is 323 g/mol. The van der Waals surface area contributed by atoms with Gasteiger partial charge in [-0.15, -0.1) is 11.3 Å². The van der Waals surface area contributed by atoms with Gasteiger partial charge in [-0.2, -0.15) is 0 Å². The zero-order valence-corrected chi connectivity index (χ0v) is 12.2. The number of hydrogen-bond donors (Lipinski definition) is 0. The molecule has 1 atom stereocenters. The molecule has 2 heterocycles. The number of carbonyl (C=O) groups is 1. The van der Waals surface area contributed by atoms with E-state index < -0.39 is 0 Å². The molecule has 2 aromatic rings. The van der Waals surface area contributed by atoms with Crippen molar-refractivity contribution in [3.05, 3.63) is 50.1 Å². The van der Waals surface area contributed by atoms with Crippen LogP contribution >= 0.6 is 27.3 Å². The highest BCUT2D eigenvalue weighted by Crippen LogP contribution is 2.32. The predicted molar refractivity (Wildman–Crippen MR) is 75.6 cm³/mol. The lowest BCUT2D eigenvalue weighted by Crippen LogP contribution is -2.25. The molecule has 0 fully saturated rings. The summed E-state index contributed by atoms with van der Waals surface area (Å²) in [6, 6.07) is 9.71. The van der Waals surface area contributed by atoms with Crippen molar-refractivity contribution in [3.8, 4) is 5.75 Å². The Bertz CT molecular complexity index is 593. The molecule has 4 heteroatoms. The van der Waals surface area contributed by atoms with Crippen LogP contribution in [0.3, 0.4) is 0 Å². The Kier molecular flexibility index (Phi) is 2.99. The van der Waals surface area contributed by atoms with Gasteiger partial charge in [-0.1, -0.05) is 18.2 Å². The number of Topliss-reactive ketones (excluding diaryl/α,β-unsaturated/α-hetero) is 1. The first-order valence-corrected chi connectivity index (χ1v) is 7.31. The lowest BCUT2D eigenvalue weighted by atomic mass is 10.0. The SMILES string of the molecule is Cc1sc(Br)cc1C(=O)C1Cc2ccccc2O1. The number of benzene rings is 1. The molecule has 3 rings (SSSR count). The van der Waals surface area contributed by atoms with E-state index in [4.69, 9.17) is 4.74 Å².